The van der Waals surface area contributed by atoms with Crippen LogP contribution in [-0.4, -0.2) is 45.5 Å². The van der Waals surface area contributed by atoms with Crippen LogP contribution in [0.3, 0.4) is 0 Å². The van der Waals surface area contributed by atoms with Gasteiger partial charge in [-0.15, -0.1) is 0 Å². The van der Waals surface area contributed by atoms with E-state index in [0.29, 0.717) is 43.1 Å². The Morgan fingerprint density at radius 2 is 2.12 bits per heavy atom. The van der Waals surface area contributed by atoms with E-state index in [9.17, 15) is 9.18 Å². The Bertz CT molecular complexity index is 1140. The Morgan fingerprint density at radius 1 is 1.31 bits per heavy atom. The maximum atomic E-state index is 14.4. The van der Waals surface area contributed by atoms with E-state index in [2.05, 4.69) is 27.1 Å². The van der Waals surface area contributed by atoms with E-state index in [4.69, 9.17) is 15.2 Å². The molecule has 1 saturated carbocycles. The molecule has 1 aliphatic rings. The lowest BCUT2D eigenvalue weighted by atomic mass is 9.77. The molecule has 0 bridgehead atoms. The molecule has 32 heavy (non-hydrogen) atoms. The lowest BCUT2D eigenvalue weighted by Gasteiger charge is -2.32. The van der Waals surface area contributed by atoms with E-state index in [0.717, 1.165) is 30.4 Å². The fraction of sp³-hybridized carbons (Fsp3) is 0.522. The minimum Gasteiger partial charge on any atom is -0.461 e. The second-order valence-electron chi connectivity index (χ2n) is 8.85. The number of ether oxygens (including phenoxy) is 2. The molecule has 0 aliphatic heterocycles. The third-order valence-electron chi connectivity index (χ3n) is 6.03. The van der Waals surface area contributed by atoms with Gasteiger partial charge in [-0.25, -0.2) is 9.18 Å². The summed E-state index contributed by atoms with van der Waals surface area (Å²) in [5.41, 5.74) is 7.51. The molecule has 3 aromatic rings. The molecule has 172 valence electrons. The van der Waals surface area contributed by atoms with Crippen LogP contribution in [0.4, 0.5) is 10.2 Å². The molecule has 4 rings (SSSR count). The Hall–Kier alpha value is -2.94. The van der Waals surface area contributed by atoms with Crippen molar-refractivity contribution in [2.75, 3.05) is 26.1 Å². The average molecular weight is 444 g/mol. The highest BCUT2D eigenvalue weighted by molar-refractivity contribution is 5.81. The standard InChI is InChI=1S/C23H30FN5O3/c1-23(24)8-4-7-16(13-23)11-15-5-3-6-17(12-15)14-29-20-18(26-22(29)30)19(25)27-21(28-20)32-10-9-31-2/h3,5-6,12,16H,4,7-11,13-14H2,1-2H3,(H,26,30)(H2,25,27,28). The van der Waals surface area contributed by atoms with Gasteiger partial charge in [-0.1, -0.05) is 24.3 Å². The number of benzene rings is 1. The molecule has 0 radical (unpaired) electrons. The quantitative estimate of drug-likeness (QED) is 0.518. The number of fused-ring (bicyclic) bond motifs is 1. The zero-order chi connectivity index (χ0) is 22.7. The zero-order valence-corrected chi connectivity index (χ0v) is 18.6. The Kier molecular flexibility index (Phi) is 6.45. The van der Waals surface area contributed by atoms with Gasteiger partial charge in [0, 0.05) is 7.11 Å². The van der Waals surface area contributed by atoms with E-state index in [1.807, 2.05) is 12.1 Å². The van der Waals surface area contributed by atoms with Gasteiger partial charge in [0.25, 0.3) is 0 Å². The van der Waals surface area contributed by atoms with Crippen molar-refractivity contribution >= 4 is 17.0 Å². The Morgan fingerprint density at radius 3 is 2.91 bits per heavy atom. The third kappa shape index (κ3) is 5.09. The van der Waals surface area contributed by atoms with E-state index >= 15 is 0 Å². The highest BCUT2D eigenvalue weighted by Crippen LogP contribution is 2.36. The van der Waals surface area contributed by atoms with E-state index in [1.54, 1.807) is 14.0 Å². The van der Waals surface area contributed by atoms with E-state index in [-0.39, 0.29) is 24.1 Å². The second-order valence-corrected chi connectivity index (χ2v) is 8.85. The first kappa shape index (κ1) is 22.3. The molecule has 8 nitrogen and oxygen atoms in total. The van der Waals surface area contributed by atoms with Crippen molar-refractivity contribution in [1.82, 2.24) is 19.5 Å². The van der Waals surface area contributed by atoms with E-state index in [1.165, 1.54) is 4.57 Å². The minimum absolute atomic E-state index is 0.0973. The first-order chi connectivity index (χ1) is 15.3. The van der Waals surface area contributed by atoms with Gasteiger partial charge < -0.3 is 20.2 Å². The molecule has 0 amide bonds. The number of H-pyrrole nitrogens is 1. The number of nitrogens with one attached hydrogen (secondary N) is 1. The van der Waals surface area contributed by atoms with Gasteiger partial charge in [0.05, 0.1) is 13.2 Å². The molecule has 9 heteroatoms. The van der Waals surface area contributed by atoms with Gasteiger partial charge in [-0.05, 0) is 56.1 Å². The summed E-state index contributed by atoms with van der Waals surface area (Å²) in [6.07, 6.45) is 4.06. The van der Waals surface area contributed by atoms with Gasteiger partial charge in [0.1, 0.15) is 17.8 Å². The topological polar surface area (TPSA) is 108 Å². The lowest BCUT2D eigenvalue weighted by molar-refractivity contribution is 0.0943. The first-order valence-corrected chi connectivity index (χ1v) is 11.0. The molecule has 0 spiro atoms. The summed E-state index contributed by atoms with van der Waals surface area (Å²) >= 11 is 0. The summed E-state index contributed by atoms with van der Waals surface area (Å²) in [5.74, 6) is 0.489. The van der Waals surface area contributed by atoms with Crippen LogP contribution in [0.15, 0.2) is 29.1 Å². The molecule has 2 unspecified atom stereocenters. The normalized spacial score (nSPS) is 21.2. The van der Waals surface area contributed by atoms with Crippen LogP contribution in [0.5, 0.6) is 6.01 Å². The smallest absolute Gasteiger partial charge is 0.328 e. The van der Waals surface area contributed by atoms with Crippen LogP contribution in [0.1, 0.15) is 43.7 Å². The minimum atomic E-state index is -1.07. The number of imidazole rings is 1. The summed E-state index contributed by atoms with van der Waals surface area (Å²) in [6.45, 7) is 2.69. The van der Waals surface area contributed by atoms with Crippen LogP contribution in [0.25, 0.3) is 11.2 Å². The molecule has 1 aromatic carbocycles. The molecule has 1 aliphatic carbocycles. The maximum absolute atomic E-state index is 14.4. The SMILES string of the molecule is COCCOc1nc(N)c2[nH]c(=O)n(Cc3cccc(CC4CCCC(C)(F)C4)c3)c2n1. The number of halogens is 1. The highest BCUT2D eigenvalue weighted by atomic mass is 19.1. The average Bonchev–Trinajstić information content (AvgIpc) is 3.04. The molecular weight excluding hydrogens is 413 g/mol. The van der Waals surface area contributed by atoms with Crippen molar-refractivity contribution < 1.29 is 13.9 Å². The Balaban J connectivity index is 1.56. The van der Waals surface area contributed by atoms with Crippen LogP contribution >= 0.6 is 0 Å². The van der Waals surface area contributed by atoms with Crippen LogP contribution in [0.2, 0.25) is 0 Å². The van der Waals surface area contributed by atoms with Crippen molar-refractivity contribution in [2.24, 2.45) is 5.92 Å². The number of aromatic amines is 1. The summed E-state index contributed by atoms with van der Waals surface area (Å²) in [5, 5.41) is 0. The lowest BCUT2D eigenvalue weighted by Crippen LogP contribution is -2.28. The van der Waals surface area contributed by atoms with Crippen molar-refractivity contribution in [3.05, 3.63) is 45.9 Å². The third-order valence-corrected chi connectivity index (χ3v) is 6.03. The van der Waals surface area contributed by atoms with Crippen molar-refractivity contribution in [1.29, 1.82) is 0 Å². The number of anilines is 1. The zero-order valence-electron chi connectivity index (χ0n) is 18.6. The van der Waals surface area contributed by atoms with Gasteiger partial charge in [0.2, 0.25) is 0 Å². The summed E-state index contributed by atoms with van der Waals surface area (Å²) < 4.78 is 26.4. The number of methoxy groups -OCH3 is 1. The summed E-state index contributed by atoms with van der Waals surface area (Å²) in [4.78, 5) is 23.8. The van der Waals surface area contributed by atoms with E-state index < -0.39 is 5.67 Å². The molecule has 2 aromatic heterocycles. The summed E-state index contributed by atoms with van der Waals surface area (Å²) in [6, 6.07) is 8.18. The van der Waals surface area contributed by atoms with Crippen LogP contribution in [0, 0.1) is 5.92 Å². The number of nitrogen functional groups attached to an aromatic ring is 1. The maximum Gasteiger partial charge on any atom is 0.328 e. The highest BCUT2D eigenvalue weighted by Gasteiger charge is 2.31. The van der Waals surface area contributed by atoms with Crippen molar-refractivity contribution in [3.63, 3.8) is 0 Å². The predicted molar refractivity (Wildman–Crippen MR) is 121 cm³/mol. The number of aromatic nitrogens is 4. The molecule has 2 heterocycles. The first-order valence-electron chi connectivity index (χ1n) is 11.0. The Labute approximate surface area is 186 Å². The summed E-state index contributed by atoms with van der Waals surface area (Å²) in [7, 11) is 1.57. The number of alkyl halides is 1. The van der Waals surface area contributed by atoms with Crippen LogP contribution in [-0.2, 0) is 17.7 Å². The van der Waals surface area contributed by atoms with Crippen LogP contribution < -0.4 is 16.2 Å². The molecule has 2 atom stereocenters. The van der Waals surface area contributed by atoms with Gasteiger partial charge in [0.15, 0.2) is 11.5 Å². The molecule has 1 fully saturated rings. The number of nitrogens with two attached hydrogens (primary N) is 1. The fourth-order valence-electron chi connectivity index (χ4n) is 4.57. The van der Waals surface area contributed by atoms with Crippen molar-refractivity contribution in [3.8, 4) is 6.01 Å². The fourth-order valence-corrected chi connectivity index (χ4v) is 4.57. The van der Waals surface area contributed by atoms with Gasteiger partial charge in [-0.3, -0.25) is 4.57 Å². The van der Waals surface area contributed by atoms with Gasteiger partial charge in [-0.2, -0.15) is 9.97 Å². The number of hydrogen-bond donors (Lipinski definition) is 2. The largest absolute Gasteiger partial charge is 0.461 e. The number of rotatable bonds is 8. The van der Waals surface area contributed by atoms with Crippen molar-refractivity contribution in [2.45, 2.75) is 51.2 Å². The molecular formula is C23H30FN5O3. The number of nitrogens with zero attached hydrogens (tertiary/aromatic N) is 3. The monoisotopic (exact) mass is 443 g/mol. The second kappa shape index (κ2) is 9.28. The molecule has 3 N–H and O–H groups in total. The molecule has 0 saturated heterocycles. The predicted octanol–water partition coefficient (Wildman–Crippen LogP) is 3.24. The van der Waals surface area contributed by atoms with Gasteiger partial charge >= 0.3 is 11.7 Å². The number of hydrogen-bond acceptors (Lipinski definition) is 6.